The van der Waals surface area contributed by atoms with Crippen molar-refractivity contribution in [3.05, 3.63) is 24.6 Å². The van der Waals surface area contributed by atoms with Crippen LogP contribution < -0.4 is 5.32 Å². The zero-order chi connectivity index (χ0) is 11.2. The predicted molar refractivity (Wildman–Crippen MR) is 66.9 cm³/mol. The highest BCUT2D eigenvalue weighted by Gasteiger charge is 2.41. The summed E-state index contributed by atoms with van der Waals surface area (Å²) >= 11 is 0. The van der Waals surface area contributed by atoms with Gasteiger partial charge in [-0.25, -0.2) is 4.98 Å². The number of hydrogen-bond donors (Lipinski definition) is 1. The van der Waals surface area contributed by atoms with Crippen LogP contribution in [0.1, 0.15) is 25.7 Å². The van der Waals surface area contributed by atoms with Gasteiger partial charge in [0.25, 0.3) is 0 Å². The second-order valence-corrected chi connectivity index (χ2v) is 5.34. The number of fused-ring (bicyclic) bond motifs is 1. The molecule has 3 nitrogen and oxygen atoms in total. The third kappa shape index (κ3) is 1.70. The molecule has 88 valence electrons. The molecule has 3 heteroatoms. The maximum Gasteiger partial charge on any atom is 0.139 e. The summed E-state index contributed by atoms with van der Waals surface area (Å²) in [4.78, 5) is 4.47. The van der Waals surface area contributed by atoms with Gasteiger partial charge >= 0.3 is 0 Å². The van der Waals surface area contributed by atoms with Crippen molar-refractivity contribution in [2.75, 3.05) is 5.32 Å². The number of anilines is 1. The highest BCUT2D eigenvalue weighted by molar-refractivity contribution is 5.88. The minimum Gasteiger partial charge on any atom is -0.464 e. The van der Waals surface area contributed by atoms with Crippen LogP contribution >= 0.6 is 0 Å². The smallest absolute Gasteiger partial charge is 0.139 e. The van der Waals surface area contributed by atoms with Gasteiger partial charge in [0, 0.05) is 12.2 Å². The van der Waals surface area contributed by atoms with Gasteiger partial charge in [0.15, 0.2) is 0 Å². The molecule has 2 aliphatic rings. The van der Waals surface area contributed by atoms with E-state index in [9.17, 15) is 0 Å². The highest BCUT2D eigenvalue weighted by Crippen LogP contribution is 2.46. The van der Waals surface area contributed by atoms with Crippen molar-refractivity contribution in [1.29, 1.82) is 0 Å². The number of hydrogen-bond acceptors (Lipinski definition) is 3. The standard InChI is InChI=1S/C14H16N2O/c1-2-9(1)13(10-3-4-10)16-14-11-6-8-17-12(11)5-7-15-14/h5-10,13H,1-4H2,(H,15,16). The Bertz CT molecular complexity index is 528. The number of rotatable bonds is 4. The van der Waals surface area contributed by atoms with Crippen LogP contribution in [0.2, 0.25) is 0 Å². The average molecular weight is 228 g/mol. The molecule has 2 aromatic rings. The summed E-state index contributed by atoms with van der Waals surface area (Å²) in [5.41, 5.74) is 0.924. The summed E-state index contributed by atoms with van der Waals surface area (Å²) in [6.45, 7) is 0. The Morgan fingerprint density at radius 1 is 1.18 bits per heavy atom. The van der Waals surface area contributed by atoms with Gasteiger partial charge in [0.2, 0.25) is 0 Å². The van der Waals surface area contributed by atoms with Gasteiger partial charge in [-0.3, -0.25) is 0 Å². The van der Waals surface area contributed by atoms with Crippen molar-refractivity contribution in [2.24, 2.45) is 11.8 Å². The van der Waals surface area contributed by atoms with Gasteiger partial charge in [-0.05, 0) is 49.7 Å². The molecule has 0 radical (unpaired) electrons. The van der Waals surface area contributed by atoms with Crippen LogP contribution in [0.4, 0.5) is 5.82 Å². The van der Waals surface area contributed by atoms with Gasteiger partial charge < -0.3 is 9.73 Å². The van der Waals surface area contributed by atoms with Gasteiger partial charge in [-0.15, -0.1) is 0 Å². The van der Waals surface area contributed by atoms with E-state index < -0.39 is 0 Å². The van der Waals surface area contributed by atoms with Crippen LogP contribution in [0.25, 0.3) is 11.0 Å². The lowest BCUT2D eigenvalue weighted by Crippen LogP contribution is -2.24. The molecule has 0 bridgehead atoms. The first-order valence-corrected chi connectivity index (χ1v) is 6.50. The lowest BCUT2D eigenvalue weighted by molar-refractivity contribution is 0.566. The SMILES string of the molecule is c1cc2occc2c(NC(C2CC2)C2CC2)n1. The second-order valence-electron chi connectivity index (χ2n) is 5.34. The van der Waals surface area contributed by atoms with Crippen LogP contribution in [0, 0.1) is 11.8 Å². The van der Waals surface area contributed by atoms with E-state index in [0.29, 0.717) is 6.04 Å². The van der Waals surface area contributed by atoms with Crippen molar-refractivity contribution >= 4 is 16.8 Å². The van der Waals surface area contributed by atoms with E-state index in [1.165, 1.54) is 25.7 Å². The third-order valence-electron chi connectivity index (χ3n) is 3.94. The molecule has 0 spiro atoms. The summed E-state index contributed by atoms with van der Waals surface area (Å²) in [6, 6.07) is 4.56. The van der Waals surface area contributed by atoms with Crippen LogP contribution in [-0.2, 0) is 0 Å². The van der Waals surface area contributed by atoms with E-state index in [0.717, 1.165) is 28.6 Å². The Labute approximate surface area is 100 Å². The molecule has 4 rings (SSSR count). The molecule has 0 atom stereocenters. The number of pyridine rings is 1. The maximum atomic E-state index is 5.41. The average Bonchev–Trinajstić information content (AvgIpc) is 3.25. The minimum absolute atomic E-state index is 0.642. The monoisotopic (exact) mass is 228 g/mol. The Hall–Kier alpha value is -1.51. The number of nitrogens with one attached hydrogen (secondary N) is 1. The summed E-state index contributed by atoms with van der Waals surface area (Å²) in [6.07, 6.45) is 9.10. The largest absolute Gasteiger partial charge is 0.464 e. The Balaban J connectivity index is 1.66. The van der Waals surface area contributed by atoms with Gasteiger partial charge in [-0.2, -0.15) is 0 Å². The van der Waals surface area contributed by atoms with Crippen molar-refractivity contribution in [3.63, 3.8) is 0 Å². The van der Waals surface area contributed by atoms with Gasteiger partial charge in [0.05, 0.1) is 11.6 Å². The Kier molecular flexibility index (Phi) is 1.95. The molecule has 1 N–H and O–H groups in total. The highest BCUT2D eigenvalue weighted by atomic mass is 16.3. The number of aromatic nitrogens is 1. The molecule has 0 saturated heterocycles. The molecule has 17 heavy (non-hydrogen) atoms. The molecule has 0 aliphatic heterocycles. The molecular weight excluding hydrogens is 212 g/mol. The first-order chi connectivity index (χ1) is 8.42. The lowest BCUT2D eigenvalue weighted by atomic mass is 10.1. The molecule has 2 saturated carbocycles. The van der Waals surface area contributed by atoms with E-state index in [4.69, 9.17) is 4.42 Å². The van der Waals surface area contributed by atoms with Gasteiger partial charge in [0.1, 0.15) is 11.4 Å². The van der Waals surface area contributed by atoms with Crippen LogP contribution in [0.15, 0.2) is 29.0 Å². The Morgan fingerprint density at radius 2 is 1.94 bits per heavy atom. The molecule has 0 aromatic carbocycles. The summed E-state index contributed by atoms with van der Waals surface area (Å²) in [5.74, 6) is 2.76. The van der Waals surface area contributed by atoms with E-state index in [1.807, 2.05) is 18.3 Å². The van der Waals surface area contributed by atoms with Gasteiger partial charge in [-0.1, -0.05) is 0 Å². The second kappa shape index (κ2) is 3.49. The molecule has 2 aromatic heterocycles. The fraction of sp³-hybridized carbons (Fsp3) is 0.500. The van der Waals surface area contributed by atoms with Crippen molar-refractivity contribution < 1.29 is 4.42 Å². The predicted octanol–water partition coefficient (Wildman–Crippen LogP) is 3.43. The first-order valence-electron chi connectivity index (χ1n) is 6.50. The molecular formula is C14H16N2O. The summed E-state index contributed by atoms with van der Waals surface area (Å²) in [7, 11) is 0. The molecule has 0 amide bonds. The summed E-state index contributed by atoms with van der Waals surface area (Å²) in [5, 5.41) is 4.77. The van der Waals surface area contributed by atoms with Crippen LogP contribution in [-0.4, -0.2) is 11.0 Å². The minimum atomic E-state index is 0.642. The van der Waals surface area contributed by atoms with Crippen molar-refractivity contribution in [3.8, 4) is 0 Å². The third-order valence-corrected chi connectivity index (χ3v) is 3.94. The van der Waals surface area contributed by atoms with Crippen molar-refractivity contribution in [2.45, 2.75) is 31.7 Å². The van der Waals surface area contributed by atoms with E-state index in [-0.39, 0.29) is 0 Å². The van der Waals surface area contributed by atoms with Crippen LogP contribution in [0.5, 0.6) is 0 Å². The van der Waals surface area contributed by atoms with E-state index in [1.54, 1.807) is 6.26 Å². The normalized spacial score (nSPS) is 20.1. The van der Waals surface area contributed by atoms with Crippen molar-refractivity contribution in [1.82, 2.24) is 4.98 Å². The topological polar surface area (TPSA) is 38.1 Å². The molecule has 2 aliphatic carbocycles. The van der Waals surface area contributed by atoms with Crippen LogP contribution in [0.3, 0.4) is 0 Å². The lowest BCUT2D eigenvalue weighted by Gasteiger charge is -2.18. The first kappa shape index (κ1) is 9.51. The maximum absolute atomic E-state index is 5.41. The Morgan fingerprint density at radius 3 is 2.65 bits per heavy atom. The zero-order valence-electron chi connectivity index (χ0n) is 9.73. The zero-order valence-corrected chi connectivity index (χ0v) is 9.73. The molecule has 2 heterocycles. The molecule has 2 fully saturated rings. The van der Waals surface area contributed by atoms with E-state index >= 15 is 0 Å². The quantitative estimate of drug-likeness (QED) is 0.871. The fourth-order valence-corrected chi connectivity index (χ4v) is 2.70. The number of nitrogens with zero attached hydrogens (tertiary/aromatic N) is 1. The molecule has 0 unspecified atom stereocenters. The summed E-state index contributed by atoms with van der Waals surface area (Å²) < 4.78 is 5.41. The fourth-order valence-electron chi connectivity index (χ4n) is 2.70. The number of furan rings is 1. The van der Waals surface area contributed by atoms with E-state index in [2.05, 4.69) is 10.3 Å².